The first-order valence-electron chi connectivity index (χ1n) is 5.67. The normalized spacial score (nSPS) is 28.4. The minimum atomic E-state index is 0.0249. The zero-order valence-electron chi connectivity index (χ0n) is 9.31. The molecule has 1 amide bonds. The summed E-state index contributed by atoms with van der Waals surface area (Å²) in [4.78, 5) is 14.0. The molecule has 1 aromatic heterocycles. The van der Waals surface area contributed by atoms with Gasteiger partial charge in [-0.15, -0.1) is 0 Å². The van der Waals surface area contributed by atoms with E-state index in [1.807, 2.05) is 17.9 Å². The lowest BCUT2D eigenvalue weighted by Gasteiger charge is -2.16. The van der Waals surface area contributed by atoms with Gasteiger partial charge in [0.15, 0.2) is 5.76 Å². The fourth-order valence-electron chi connectivity index (χ4n) is 2.59. The second kappa shape index (κ2) is 3.63. The summed E-state index contributed by atoms with van der Waals surface area (Å²) in [6, 6.07) is 1.83. The van der Waals surface area contributed by atoms with Crippen molar-refractivity contribution in [3.8, 4) is 0 Å². The third kappa shape index (κ3) is 1.45. The van der Waals surface area contributed by atoms with Crippen molar-refractivity contribution in [2.24, 2.45) is 11.8 Å². The standard InChI is InChI=1S/C12H15NO3/c1-8-2-3-16-11(8)12(14)13-4-9-6-15-7-10(9)5-13/h2-3,9-10H,4-7H2,1H3. The molecule has 0 bridgehead atoms. The van der Waals surface area contributed by atoms with Crippen molar-refractivity contribution in [3.63, 3.8) is 0 Å². The first-order chi connectivity index (χ1) is 7.75. The van der Waals surface area contributed by atoms with Crippen LogP contribution >= 0.6 is 0 Å². The lowest BCUT2D eigenvalue weighted by molar-refractivity contribution is 0.0719. The molecule has 0 saturated carbocycles. The van der Waals surface area contributed by atoms with Crippen LogP contribution in [-0.4, -0.2) is 37.1 Å². The minimum absolute atomic E-state index is 0.0249. The van der Waals surface area contributed by atoms with E-state index in [1.165, 1.54) is 0 Å². The largest absolute Gasteiger partial charge is 0.459 e. The number of aryl methyl sites for hydroxylation is 1. The number of nitrogens with zero attached hydrogens (tertiary/aromatic N) is 1. The fraction of sp³-hybridized carbons (Fsp3) is 0.583. The van der Waals surface area contributed by atoms with Gasteiger partial charge in [0.2, 0.25) is 0 Å². The van der Waals surface area contributed by atoms with Crippen molar-refractivity contribution in [1.29, 1.82) is 0 Å². The van der Waals surface area contributed by atoms with Crippen LogP contribution in [0.4, 0.5) is 0 Å². The highest BCUT2D eigenvalue weighted by Crippen LogP contribution is 2.30. The second-order valence-corrected chi connectivity index (χ2v) is 4.70. The second-order valence-electron chi connectivity index (χ2n) is 4.70. The van der Waals surface area contributed by atoms with Gasteiger partial charge in [-0.25, -0.2) is 0 Å². The molecule has 86 valence electrons. The summed E-state index contributed by atoms with van der Waals surface area (Å²) >= 11 is 0. The lowest BCUT2D eigenvalue weighted by atomic mass is 10.0. The summed E-state index contributed by atoms with van der Waals surface area (Å²) in [7, 11) is 0. The molecule has 0 aliphatic carbocycles. The average molecular weight is 221 g/mol. The van der Waals surface area contributed by atoms with Crippen LogP contribution in [0.15, 0.2) is 16.7 Å². The summed E-state index contributed by atoms with van der Waals surface area (Å²) in [5.41, 5.74) is 0.915. The maximum atomic E-state index is 12.2. The Balaban J connectivity index is 1.75. The Morgan fingerprint density at radius 3 is 2.62 bits per heavy atom. The smallest absolute Gasteiger partial charge is 0.289 e. The highest BCUT2D eigenvalue weighted by Gasteiger charge is 2.39. The number of furan rings is 1. The lowest BCUT2D eigenvalue weighted by Crippen LogP contribution is -2.30. The third-order valence-electron chi connectivity index (χ3n) is 3.58. The Kier molecular flexibility index (Phi) is 2.24. The van der Waals surface area contributed by atoms with E-state index in [1.54, 1.807) is 6.26 Å². The Bertz CT molecular complexity index is 400. The maximum absolute atomic E-state index is 12.2. The molecule has 0 spiro atoms. The zero-order chi connectivity index (χ0) is 11.1. The summed E-state index contributed by atoms with van der Waals surface area (Å²) in [5, 5.41) is 0. The van der Waals surface area contributed by atoms with Crippen LogP contribution < -0.4 is 0 Å². The van der Waals surface area contributed by atoms with E-state index in [2.05, 4.69) is 0 Å². The molecule has 0 N–H and O–H groups in total. The van der Waals surface area contributed by atoms with Crippen LogP contribution in [-0.2, 0) is 4.74 Å². The van der Waals surface area contributed by atoms with Gasteiger partial charge in [-0.1, -0.05) is 0 Å². The highest BCUT2D eigenvalue weighted by molar-refractivity contribution is 5.93. The van der Waals surface area contributed by atoms with E-state index in [4.69, 9.17) is 9.15 Å². The number of rotatable bonds is 1. The molecule has 3 heterocycles. The molecular weight excluding hydrogens is 206 g/mol. The number of likely N-dealkylation sites (tertiary alicyclic amines) is 1. The van der Waals surface area contributed by atoms with Gasteiger partial charge in [0, 0.05) is 30.5 Å². The molecule has 2 atom stereocenters. The first-order valence-corrected chi connectivity index (χ1v) is 5.67. The van der Waals surface area contributed by atoms with Crippen LogP contribution in [0.25, 0.3) is 0 Å². The van der Waals surface area contributed by atoms with E-state index in [-0.39, 0.29) is 5.91 Å². The van der Waals surface area contributed by atoms with E-state index in [9.17, 15) is 4.79 Å². The number of carbonyl (C=O) groups excluding carboxylic acids is 1. The Morgan fingerprint density at radius 2 is 2.06 bits per heavy atom. The van der Waals surface area contributed by atoms with Gasteiger partial charge in [0.1, 0.15) is 0 Å². The maximum Gasteiger partial charge on any atom is 0.289 e. The molecule has 2 aliphatic rings. The number of hydrogen-bond acceptors (Lipinski definition) is 3. The van der Waals surface area contributed by atoms with Crippen molar-refractivity contribution in [2.45, 2.75) is 6.92 Å². The monoisotopic (exact) mass is 221 g/mol. The highest BCUT2D eigenvalue weighted by atomic mass is 16.5. The molecule has 4 heteroatoms. The number of hydrogen-bond donors (Lipinski definition) is 0. The molecular formula is C12H15NO3. The van der Waals surface area contributed by atoms with E-state index in [0.717, 1.165) is 31.9 Å². The van der Waals surface area contributed by atoms with Gasteiger partial charge in [0.05, 0.1) is 19.5 Å². The minimum Gasteiger partial charge on any atom is -0.459 e. The number of amides is 1. The van der Waals surface area contributed by atoms with Crippen molar-refractivity contribution in [2.75, 3.05) is 26.3 Å². The van der Waals surface area contributed by atoms with Crippen molar-refractivity contribution >= 4 is 5.91 Å². The molecule has 2 saturated heterocycles. The van der Waals surface area contributed by atoms with Crippen LogP contribution in [0.1, 0.15) is 16.1 Å². The predicted octanol–water partition coefficient (Wildman–Crippen LogP) is 1.31. The summed E-state index contributed by atoms with van der Waals surface area (Å²) in [5.74, 6) is 1.57. The molecule has 0 radical (unpaired) electrons. The molecule has 2 unspecified atom stereocenters. The van der Waals surface area contributed by atoms with Crippen LogP contribution in [0.2, 0.25) is 0 Å². The zero-order valence-corrected chi connectivity index (χ0v) is 9.31. The molecule has 4 nitrogen and oxygen atoms in total. The van der Waals surface area contributed by atoms with Crippen LogP contribution in [0.3, 0.4) is 0 Å². The van der Waals surface area contributed by atoms with Crippen molar-refractivity contribution in [3.05, 3.63) is 23.7 Å². The quantitative estimate of drug-likeness (QED) is 0.718. The Morgan fingerprint density at radius 1 is 1.38 bits per heavy atom. The van der Waals surface area contributed by atoms with E-state index < -0.39 is 0 Å². The predicted molar refractivity (Wildman–Crippen MR) is 57.1 cm³/mol. The molecule has 2 aliphatic heterocycles. The summed E-state index contributed by atoms with van der Waals surface area (Å²) in [6.45, 7) is 5.11. The van der Waals surface area contributed by atoms with E-state index in [0.29, 0.717) is 17.6 Å². The Labute approximate surface area is 94.2 Å². The molecule has 3 rings (SSSR count). The van der Waals surface area contributed by atoms with Gasteiger partial charge in [-0.3, -0.25) is 4.79 Å². The topological polar surface area (TPSA) is 42.7 Å². The number of fused-ring (bicyclic) bond motifs is 1. The molecule has 0 aromatic carbocycles. The summed E-state index contributed by atoms with van der Waals surface area (Å²) < 4.78 is 10.6. The molecule has 2 fully saturated rings. The van der Waals surface area contributed by atoms with Gasteiger partial charge >= 0.3 is 0 Å². The van der Waals surface area contributed by atoms with E-state index >= 15 is 0 Å². The van der Waals surface area contributed by atoms with Crippen molar-refractivity contribution < 1.29 is 13.9 Å². The van der Waals surface area contributed by atoms with Gasteiger partial charge in [-0.05, 0) is 13.0 Å². The van der Waals surface area contributed by atoms with Gasteiger partial charge in [-0.2, -0.15) is 0 Å². The summed E-state index contributed by atoms with van der Waals surface area (Å²) in [6.07, 6.45) is 1.57. The van der Waals surface area contributed by atoms with Gasteiger partial charge < -0.3 is 14.1 Å². The number of carbonyl (C=O) groups is 1. The van der Waals surface area contributed by atoms with Crippen LogP contribution in [0.5, 0.6) is 0 Å². The Hall–Kier alpha value is -1.29. The molecule has 16 heavy (non-hydrogen) atoms. The fourth-order valence-corrected chi connectivity index (χ4v) is 2.59. The third-order valence-corrected chi connectivity index (χ3v) is 3.58. The van der Waals surface area contributed by atoms with Crippen molar-refractivity contribution in [1.82, 2.24) is 4.90 Å². The van der Waals surface area contributed by atoms with Crippen LogP contribution in [0, 0.1) is 18.8 Å². The first kappa shape index (κ1) is 9.90. The van der Waals surface area contributed by atoms with Gasteiger partial charge in [0.25, 0.3) is 5.91 Å². The SMILES string of the molecule is Cc1ccoc1C(=O)N1CC2COCC2C1. The molecule has 1 aromatic rings. The average Bonchev–Trinajstić information content (AvgIpc) is 2.89. The number of ether oxygens (including phenoxy) is 1.